The lowest BCUT2D eigenvalue weighted by Crippen LogP contribution is -2.17. The summed E-state index contributed by atoms with van der Waals surface area (Å²) in [6.07, 6.45) is -4.82. The van der Waals surface area contributed by atoms with E-state index in [-0.39, 0.29) is 16.9 Å². The lowest BCUT2D eigenvalue weighted by atomic mass is 10.2. The predicted molar refractivity (Wildman–Crippen MR) is 53.8 cm³/mol. The summed E-state index contributed by atoms with van der Waals surface area (Å²) in [6, 6.07) is 3.87. The fourth-order valence-corrected chi connectivity index (χ4v) is 1.38. The highest BCUT2D eigenvalue weighted by atomic mass is 19.4. The van der Waals surface area contributed by atoms with Gasteiger partial charge in [-0.3, -0.25) is 5.41 Å². The van der Waals surface area contributed by atoms with E-state index in [1.54, 1.807) is 6.07 Å². The molecule has 2 rings (SSSR count). The summed E-state index contributed by atoms with van der Waals surface area (Å²) in [4.78, 5) is 5.94. The highest BCUT2D eigenvalue weighted by Crippen LogP contribution is 2.24. The Morgan fingerprint density at radius 1 is 1.41 bits per heavy atom. The number of aromatic nitrogens is 2. The highest BCUT2D eigenvalue weighted by Gasteiger charge is 2.32. The topological polar surface area (TPSA) is 87.8 Å². The molecule has 0 bridgehead atoms. The van der Waals surface area contributed by atoms with Crippen molar-refractivity contribution in [1.29, 1.82) is 5.41 Å². The Morgan fingerprint density at radius 2 is 2.12 bits per heavy atom. The average molecular weight is 244 g/mol. The van der Waals surface area contributed by atoms with Gasteiger partial charge in [-0.25, -0.2) is 0 Å². The molecule has 0 unspecified atom stereocenters. The molecule has 2 aromatic rings. The number of halogens is 3. The minimum Gasteiger partial charge on any atom is -0.384 e. The van der Waals surface area contributed by atoms with Crippen LogP contribution in [-0.2, 0) is 0 Å². The monoisotopic (exact) mass is 244 g/mol. The second kappa shape index (κ2) is 3.65. The molecule has 0 aliphatic carbocycles. The maximum atomic E-state index is 12.0. The van der Waals surface area contributed by atoms with Crippen LogP contribution in [0, 0.1) is 5.41 Å². The largest absolute Gasteiger partial charge is 0.575 e. The highest BCUT2D eigenvalue weighted by molar-refractivity contribution is 6.05. The molecule has 4 N–H and O–H groups in total. The third-order valence-corrected chi connectivity index (χ3v) is 1.99. The van der Waals surface area contributed by atoms with Gasteiger partial charge in [-0.05, 0) is 12.1 Å². The number of rotatable bonds is 2. The van der Waals surface area contributed by atoms with Crippen molar-refractivity contribution in [2.45, 2.75) is 6.36 Å². The number of nitrogens with one attached hydrogen (secondary N) is 2. The summed E-state index contributed by atoms with van der Waals surface area (Å²) in [7, 11) is 0. The van der Waals surface area contributed by atoms with E-state index in [9.17, 15) is 13.2 Å². The molecule has 1 heterocycles. The van der Waals surface area contributed by atoms with Crippen molar-refractivity contribution >= 4 is 16.9 Å². The van der Waals surface area contributed by atoms with Gasteiger partial charge < -0.3 is 15.5 Å². The molecule has 0 spiro atoms. The molecule has 5 nitrogen and oxygen atoms in total. The number of nitrogens with two attached hydrogens (primary N) is 1. The number of H-pyrrole nitrogens is 1. The van der Waals surface area contributed by atoms with Crippen LogP contribution in [0.3, 0.4) is 0 Å². The second-order valence-corrected chi connectivity index (χ2v) is 3.21. The van der Waals surface area contributed by atoms with E-state index >= 15 is 0 Å². The van der Waals surface area contributed by atoms with Gasteiger partial charge in [-0.15, -0.1) is 13.2 Å². The summed E-state index contributed by atoms with van der Waals surface area (Å²) in [5.41, 5.74) is 6.01. The van der Waals surface area contributed by atoms with Crippen molar-refractivity contribution in [3.63, 3.8) is 0 Å². The molecule has 0 fully saturated rings. The molecule has 1 aromatic heterocycles. The number of amidine groups is 1. The van der Waals surface area contributed by atoms with Crippen LogP contribution in [0.25, 0.3) is 11.0 Å². The summed E-state index contributed by atoms with van der Waals surface area (Å²) >= 11 is 0. The first kappa shape index (κ1) is 11.2. The Balaban J connectivity index is 2.50. The van der Waals surface area contributed by atoms with Crippen LogP contribution in [0.1, 0.15) is 5.56 Å². The minimum absolute atomic E-state index is 0.166. The van der Waals surface area contributed by atoms with E-state index in [4.69, 9.17) is 11.1 Å². The zero-order valence-electron chi connectivity index (χ0n) is 8.30. The summed E-state index contributed by atoms with van der Waals surface area (Å²) in [6.45, 7) is 0. The van der Waals surface area contributed by atoms with Crippen molar-refractivity contribution in [3.05, 3.63) is 23.8 Å². The smallest absolute Gasteiger partial charge is 0.384 e. The van der Waals surface area contributed by atoms with Gasteiger partial charge in [0, 0.05) is 5.56 Å². The van der Waals surface area contributed by atoms with Crippen molar-refractivity contribution in [2.24, 2.45) is 5.73 Å². The van der Waals surface area contributed by atoms with Crippen LogP contribution in [-0.4, -0.2) is 22.2 Å². The molecule has 90 valence electrons. The third-order valence-electron chi connectivity index (χ3n) is 1.99. The molecule has 0 amide bonds. The van der Waals surface area contributed by atoms with Crippen LogP contribution >= 0.6 is 0 Å². The number of nitrogen functional groups attached to an aromatic ring is 1. The normalized spacial score (nSPS) is 11.7. The number of imidazole rings is 1. The van der Waals surface area contributed by atoms with Crippen LogP contribution in [0.5, 0.6) is 6.01 Å². The molecular formula is C9H7F3N4O. The van der Waals surface area contributed by atoms with E-state index in [0.717, 1.165) is 0 Å². The Bertz CT molecular complexity index is 575. The van der Waals surface area contributed by atoms with E-state index in [2.05, 4.69) is 14.7 Å². The first-order chi connectivity index (χ1) is 7.87. The van der Waals surface area contributed by atoms with Crippen molar-refractivity contribution in [1.82, 2.24) is 9.97 Å². The quantitative estimate of drug-likeness (QED) is 0.555. The molecule has 1 aromatic carbocycles. The zero-order chi connectivity index (χ0) is 12.6. The maximum Gasteiger partial charge on any atom is 0.575 e. The summed E-state index contributed by atoms with van der Waals surface area (Å²) in [5.74, 6) is -0.277. The Morgan fingerprint density at radius 3 is 2.71 bits per heavy atom. The van der Waals surface area contributed by atoms with E-state index in [0.29, 0.717) is 5.52 Å². The third kappa shape index (κ3) is 2.30. The van der Waals surface area contributed by atoms with Gasteiger partial charge in [-0.1, -0.05) is 6.07 Å². The zero-order valence-corrected chi connectivity index (χ0v) is 8.30. The summed E-state index contributed by atoms with van der Waals surface area (Å²) in [5, 5.41) is 7.27. The van der Waals surface area contributed by atoms with Gasteiger partial charge in [0.05, 0.1) is 5.52 Å². The first-order valence-electron chi connectivity index (χ1n) is 4.46. The fraction of sp³-hybridized carbons (Fsp3) is 0.111. The lowest BCUT2D eigenvalue weighted by Gasteiger charge is -2.03. The number of fused-ring (bicyclic) bond motifs is 1. The standard InChI is InChI=1S/C9H7F3N4O/c10-9(11,12)17-8-15-5-3-1-2-4(7(13)14)6(5)16-8/h1-3H,(H3,13,14)(H,15,16). The van der Waals surface area contributed by atoms with E-state index in [1.165, 1.54) is 12.1 Å². The minimum atomic E-state index is -4.82. The van der Waals surface area contributed by atoms with Gasteiger partial charge >= 0.3 is 12.4 Å². The molecule has 8 heteroatoms. The fourth-order valence-electron chi connectivity index (χ4n) is 1.38. The first-order valence-corrected chi connectivity index (χ1v) is 4.46. The molecule has 17 heavy (non-hydrogen) atoms. The van der Waals surface area contributed by atoms with Crippen LogP contribution < -0.4 is 10.5 Å². The van der Waals surface area contributed by atoms with Crippen molar-refractivity contribution < 1.29 is 17.9 Å². The molecular weight excluding hydrogens is 237 g/mol. The van der Waals surface area contributed by atoms with E-state index < -0.39 is 12.4 Å². The summed E-state index contributed by atoms with van der Waals surface area (Å²) < 4.78 is 39.6. The van der Waals surface area contributed by atoms with Crippen molar-refractivity contribution in [2.75, 3.05) is 0 Å². The SMILES string of the molecule is N=C(N)c1cccc2[nH]c(OC(F)(F)F)nc12. The molecule has 0 radical (unpaired) electrons. The molecule has 0 saturated heterocycles. The lowest BCUT2D eigenvalue weighted by molar-refractivity contribution is -0.277. The molecule has 0 aliphatic rings. The molecule has 0 aliphatic heterocycles. The van der Waals surface area contributed by atoms with Gasteiger partial charge in [0.2, 0.25) is 0 Å². The maximum absolute atomic E-state index is 12.0. The second-order valence-electron chi connectivity index (χ2n) is 3.21. The number of alkyl halides is 3. The predicted octanol–water partition coefficient (Wildman–Crippen LogP) is 1.75. The Kier molecular flexibility index (Phi) is 2.41. The number of ether oxygens (including phenoxy) is 1. The van der Waals surface area contributed by atoms with Gasteiger partial charge in [0.15, 0.2) is 0 Å². The van der Waals surface area contributed by atoms with Gasteiger partial charge in [0.1, 0.15) is 11.4 Å². The van der Waals surface area contributed by atoms with Gasteiger partial charge in [-0.2, -0.15) is 4.98 Å². The van der Waals surface area contributed by atoms with Crippen LogP contribution in [0.2, 0.25) is 0 Å². The number of nitrogens with zero attached hydrogens (tertiary/aromatic N) is 1. The van der Waals surface area contributed by atoms with Gasteiger partial charge in [0.25, 0.3) is 0 Å². The van der Waals surface area contributed by atoms with Crippen LogP contribution in [0.4, 0.5) is 13.2 Å². The Labute approximate surface area is 92.9 Å². The number of aromatic amines is 1. The van der Waals surface area contributed by atoms with E-state index in [1.807, 2.05) is 0 Å². The number of para-hydroxylation sites is 1. The number of benzene rings is 1. The van der Waals surface area contributed by atoms with Crippen molar-refractivity contribution in [3.8, 4) is 6.01 Å². The number of hydrogen-bond acceptors (Lipinski definition) is 3. The number of hydrogen-bond donors (Lipinski definition) is 3. The Hall–Kier alpha value is -2.25. The molecule has 0 atom stereocenters. The average Bonchev–Trinajstić information content (AvgIpc) is 2.55. The molecule has 0 saturated carbocycles. The van der Waals surface area contributed by atoms with Crippen LogP contribution in [0.15, 0.2) is 18.2 Å².